The van der Waals surface area contributed by atoms with Crippen molar-refractivity contribution in [1.29, 1.82) is 0 Å². The van der Waals surface area contributed by atoms with Crippen LogP contribution in [0.1, 0.15) is 33.1 Å². The zero-order valence-electron chi connectivity index (χ0n) is 11.3. The maximum atomic E-state index is 14.2. The van der Waals surface area contributed by atoms with Crippen LogP contribution in [0.5, 0.6) is 0 Å². The number of allylic oxidation sites excluding steroid dienone is 2. The minimum Gasteiger partial charge on any atom is -0.455 e. The Morgan fingerprint density at radius 1 is 1.53 bits per heavy atom. The first kappa shape index (κ1) is 12.9. The number of carbonyl (C=O) groups is 1. The van der Waals surface area contributed by atoms with E-state index in [-0.39, 0.29) is 30.1 Å². The van der Waals surface area contributed by atoms with Crippen LogP contribution in [0.15, 0.2) is 23.8 Å². The molecule has 0 aromatic rings. The van der Waals surface area contributed by atoms with Crippen LogP contribution in [0.3, 0.4) is 0 Å². The summed E-state index contributed by atoms with van der Waals surface area (Å²) in [5, 5.41) is 0. The molecular formula is C15H19FO3. The van der Waals surface area contributed by atoms with E-state index < -0.39 is 12.1 Å². The highest BCUT2D eigenvalue weighted by atomic mass is 19.1. The van der Waals surface area contributed by atoms with Crippen molar-refractivity contribution >= 4 is 5.97 Å². The second-order valence-corrected chi connectivity index (χ2v) is 6.04. The summed E-state index contributed by atoms with van der Waals surface area (Å²) in [5.41, 5.74) is 0.876. The van der Waals surface area contributed by atoms with Gasteiger partial charge < -0.3 is 9.47 Å². The third kappa shape index (κ3) is 2.02. The summed E-state index contributed by atoms with van der Waals surface area (Å²) in [6.07, 6.45) is 2.30. The fourth-order valence-corrected chi connectivity index (χ4v) is 3.18. The molecule has 19 heavy (non-hydrogen) atoms. The van der Waals surface area contributed by atoms with Crippen LogP contribution in [0.25, 0.3) is 0 Å². The Morgan fingerprint density at radius 2 is 2.26 bits per heavy atom. The maximum Gasteiger partial charge on any atom is 0.334 e. The van der Waals surface area contributed by atoms with Crippen LogP contribution in [-0.4, -0.2) is 29.9 Å². The molecule has 2 aliphatic heterocycles. The lowest BCUT2D eigenvalue weighted by Crippen LogP contribution is -2.30. The minimum atomic E-state index is -1.04. The van der Waals surface area contributed by atoms with E-state index in [1.165, 1.54) is 0 Å². The van der Waals surface area contributed by atoms with E-state index in [0.29, 0.717) is 5.57 Å². The lowest BCUT2D eigenvalue weighted by molar-refractivity contribution is -0.140. The van der Waals surface area contributed by atoms with Gasteiger partial charge in [0.2, 0.25) is 0 Å². The molecule has 3 aliphatic rings. The Hall–Kier alpha value is -1.16. The van der Waals surface area contributed by atoms with Gasteiger partial charge in [-0.05, 0) is 38.7 Å². The molecule has 2 heterocycles. The van der Waals surface area contributed by atoms with Gasteiger partial charge in [-0.2, -0.15) is 0 Å². The molecular weight excluding hydrogens is 247 g/mol. The fraction of sp³-hybridized carbons (Fsp3) is 0.667. The molecule has 0 spiro atoms. The largest absolute Gasteiger partial charge is 0.455 e. The quantitative estimate of drug-likeness (QED) is 0.293. The average molecular weight is 266 g/mol. The summed E-state index contributed by atoms with van der Waals surface area (Å²) in [4.78, 5) is 11.7. The third-order valence-corrected chi connectivity index (χ3v) is 4.65. The molecule has 0 unspecified atom stereocenters. The van der Waals surface area contributed by atoms with Crippen molar-refractivity contribution in [3.8, 4) is 0 Å². The van der Waals surface area contributed by atoms with Gasteiger partial charge >= 0.3 is 5.97 Å². The first-order valence-corrected chi connectivity index (χ1v) is 6.81. The van der Waals surface area contributed by atoms with Gasteiger partial charge in [-0.25, -0.2) is 9.18 Å². The summed E-state index contributed by atoms with van der Waals surface area (Å²) in [6, 6.07) is 0. The first-order valence-electron chi connectivity index (χ1n) is 6.81. The molecule has 104 valence electrons. The standard InChI is InChI=1S/C15H19FO3/c1-8-5-4-6-15(3)13(19-15)12-10(7-11(8)16)9(2)14(17)18-12/h5,10-13H,2,4,6-7H2,1,3H3/b8-5+/t10-,11+,12-,13-,15+/m0/s1. The normalized spacial score (nSPS) is 48.7. The summed E-state index contributed by atoms with van der Waals surface area (Å²) in [7, 11) is 0. The molecule has 4 heteroatoms. The second-order valence-electron chi connectivity index (χ2n) is 6.04. The number of alkyl halides is 1. The van der Waals surface area contributed by atoms with Crippen LogP contribution < -0.4 is 0 Å². The topological polar surface area (TPSA) is 38.8 Å². The van der Waals surface area contributed by atoms with Crippen LogP contribution >= 0.6 is 0 Å². The molecule has 0 amide bonds. The van der Waals surface area contributed by atoms with Gasteiger partial charge in [0.1, 0.15) is 18.4 Å². The van der Waals surface area contributed by atoms with Crippen molar-refractivity contribution in [2.75, 3.05) is 0 Å². The SMILES string of the molecule is C=C1C(=O)O[C@H]2[C@H]1C[C@@H](F)/C(C)=C/CC[C@@]1(C)O[C@@H]21. The van der Waals surface area contributed by atoms with E-state index in [1.54, 1.807) is 6.92 Å². The van der Waals surface area contributed by atoms with Crippen LogP contribution in [0.2, 0.25) is 0 Å². The lowest BCUT2D eigenvalue weighted by Gasteiger charge is -2.21. The van der Waals surface area contributed by atoms with Crippen LogP contribution in [-0.2, 0) is 14.3 Å². The number of halogens is 1. The third-order valence-electron chi connectivity index (χ3n) is 4.65. The number of carbonyl (C=O) groups excluding carboxylic acids is 1. The molecule has 2 fully saturated rings. The summed E-state index contributed by atoms with van der Waals surface area (Å²) in [6.45, 7) is 7.59. The maximum absolute atomic E-state index is 14.2. The van der Waals surface area contributed by atoms with Crippen molar-refractivity contribution in [2.24, 2.45) is 5.92 Å². The molecule has 0 saturated carbocycles. The van der Waals surface area contributed by atoms with Crippen molar-refractivity contribution < 1.29 is 18.7 Å². The Kier molecular flexibility index (Phi) is 2.82. The molecule has 0 bridgehead atoms. The van der Waals surface area contributed by atoms with Gasteiger partial charge in [0.15, 0.2) is 0 Å². The molecule has 5 atom stereocenters. The molecule has 0 aromatic carbocycles. The summed E-state index contributed by atoms with van der Waals surface area (Å²) < 4.78 is 25.3. The molecule has 0 radical (unpaired) electrons. The highest BCUT2D eigenvalue weighted by Crippen LogP contribution is 2.49. The molecule has 2 saturated heterocycles. The van der Waals surface area contributed by atoms with E-state index >= 15 is 0 Å². The Bertz CT molecular complexity index is 470. The van der Waals surface area contributed by atoms with E-state index in [0.717, 1.165) is 18.4 Å². The van der Waals surface area contributed by atoms with Crippen molar-refractivity contribution in [3.63, 3.8) is 0 Å². The Balaban J connectivity index is 1.91. The van der Waals surface area contributed by atoms with Crippen molar-refractivity contribution in [2.45, 2.75) is 57.1 Å². The van der Waals surface area contributed by atoms with E-state index in [4.69, 9.17) is 9.47 Å². The predicted octanol–water partition coefficient (Wildman–Crippen LogP) is 2.71. The molecule has 0 aromatic heterocycles. The van der Waals surface area contributed by atoms with Crippen LogP contribution in [0.4, 0.5) is 4.39 Å². The van der Waals surface area contributed by atoms with E-state index in [1.807, 2.05) is 13.0 Å². The van der Waals surface area contributed by atoms with Gasteiger partial charge in [-0.1, -0.05) is 12.7 Å². The number of esters is 1. The lowest BCUT2D eigenvalue weighted by atomic mass is 9.83. The van der Waals surface area contributed by atoms with Gasteiger partial charge in [0, 0.05) is 11.5 Å². The number of ether oxygens (including phenoxy) is 2. The fourth-order valence-electron chi connectivity index (χ4n) is 3.18. The summed E-state index contributed by atoms with van der Waals surface area (Å²) in [5.74, 6) is -0.670. The number of hydrogen-bond donors (Lipinski definition) is 0. The van der Waals surface area contributed by atoms with E-state index in [2.05, 4.69) is 6.58 Å². The Labute approximate surface area is 112 Å². The Morgan fingerprint density at radius 3 is 3.00 bits per heavy atom. The van der Waals surface area contributed by atoms with Gasteiger partial charge in [0.25, 0.3) is 0 Å². The van der Waals surface area contributed by atoms with Crippen molar-refractivity contribution in [3.05, 3.63) is 23.8 Å². The second kappa shape index (κ2) is 4.17. The smallest absolute Gasteiger partial charge is 0.334 e. The van der Waals surface area contributed by atoms with E-state index in [9.17, 15) is 9.18 Å². The molecule has 3 rings (SSSR count). The average Bonchev–Trinajstić information content (AvgIpc) is 2.95. The highest BCUT2D eigenvalue weighted by molar-refractivity contribution is 5.91. The number of fused-ring (bicyclic) bond motifs is 3. The predicted molar refractivity (Wildman–Crippen MR) is 68.3 cm³/mol. The first-order chi connectivity index (χ1) is 8.92. The number of epoxide rings is 1. The monoisotopic (exact) mass is 266 g/mol. The van der Waals surface area contributed by atoms with Gasteiger partial charge in [0.05, 0.1) is 5.60 Å². The number of rotatable bonds is 0. The number of hydrogen-bond acceptors (Lipinski definition) is 3. The summed E-state index contributed by atoms with van der Waals surface area (Å²) >= 11 is 0. The zero-order valence-corrected chi connectivity index (χ0v) is 11.3. The molecule has 3 nitrogen and oxygen atoms in total. The highest BCUT2D eigenvalue weighted by Gasteiger charge is 2.61. The van der Waals surface area contributed by atoms with Gasteiger partial charge in [-0.15, -0.1) is 0 Å². The molecule has 0 N–H and O–H groups in total. The zero-order chi connectivity index (χ0) is 13.8. The molecule has 1 aliphatic carbocycles. The van der Waals surface area contributed by atoms with Crippen molar-refractivity contribution in [1.82, 2.24) is 0 Å². The minimum absolute atomic E-state index is 0.111. The van der Waals surface area contributed by atoms with Crippen LogP contribution in [0, 0.1) is 5.92 Å². The van der Waals surface area contributed by atoms with Gasteiger partial charge in [-0.3, -0.25) is 0 Å².